The Kier molecular flexibility index (Phi) is 6.38. The molecular weight excluding hydrogens is 431 g/mol. The van der Waals surface area contributed by atoms with Gasteiger partial charge in [0.05, 0.1) is 17.7 Å². The SMILES string of the molecule is CCOc1cc(C=NNc2c(F)c(F)c(C(F)(F)F)c(F)c2F)cc([N+](=O)[O-])c1O. The van der Waals surface area contributed by atoms with E-state index in [0.717, 1.165) is 12.1 Å². The highest BCUT2D eigenvalue weighted by molar-refractivity contribution is 5.83. The number of hydrazone groups is 1. The van der Waals surface area contributed by atoms with E-state index in [9.17, 15) is 46.0 Å². The van der Waals surface area contributed by atoms with Crippen LogP contribution < -0.4 is 10.2 Å². The molecule has 0 radical (unpaired) electrons. The van der Waals surface area contributed by atoms with Crippen LogP contribution in [0.4, 0.5) is 42.1 Å². The summed E-state index contributed by atoms with van der Waals surface area (Å²) in [7, 11) is 0. The van der Waals surface area contributed by atoms with Crippen LogP contribution in [0.15, 0.2) is 17.2 Å². The lowest BCUT2D eigenvalue weighted by atomic mass is 10.1. The van der Waals surface area contributed by atoms with Gasteiger partial charge < -0.3 is 9.84 Å². The lowest BCUT2D eigenvalue weighted by Gasteiger charge is -2.13. The molecular formula is C16H10F7N3O4. The van der Waals surface area contributed by atoms with Crippen molar-refractivity contribution in [1.29, 1.82) is 0 Å². The number of halogens is 7. The molecule has 30 heavy (non-hydrogen) atoms. The average molecular weight is 441 g/mol. The molecule has 0 bridgehead atoms. The van der Waals surface area contributed by atoms with E-state index in [1.54, 1.807) is 0 Å². The maximum absolute atomic E-state index is 13.8. The fraction of sp³-hybridized carbons (Fsp3) is 0.188. The van der Waals surface area contributed by atoms with Gasteiger partial charge in [-0.3, -0.25) is 15.5 Å². The standard InChI is InChI=1S/C16H10F7N3O4/c1-2-30-8-4-6(3-7(15(8)27)26(28)29)5-24-25-14-12(19)10(17)9(16(21,22)23)11(18)13(14)20/h3-5,25,27H,2H2,1H3. The van der Waals surface area contributed by atoms with Crippen molar-refractivity contribution in [3.05, 3.63) is 56.6 Å². The van der Waals surface area contributed by atoms with Crippen LogP contribution >= 0.6 is 0 Å². The monoisotopic (exact) mass is 441 g/mol. The summed E-state index contributed by atoms with van der Waals surface area (Å²) in [6.07, 6.45) is -5.01. The third-order valence-electron chi connectivity index (χ3n) is 3.51. The molecule has 2 aromatic carbocycles. The summed E-state index contributed by atoms with van der Waals surface area (Å²) < 4.78 is 97.4. The molecule has 162 valence electrons. The number of ether oxygens (including phenoxy) is 1. The second-order valence-corrected chi connectivity index (χ2v) is 5.45. The van der Waals surface area contributed by atoms with Gasteiger partial charge in [-0.15, -0.1) is 0 Å². The Morgan fingerprint density at radius 3 is 2.20 bits per heavy atom. The first-order valence-electron chi connectivity index (χ1n) is 7.76. The number of alkyl halides is 3. The van der Waals surface area contributed by atoms with Gasteiger partial charge in [-0.1, -0.05) is 0 Å². The Labute approximate surface area is 162 Å². The first-order chi connectivity index (χ1) is 13.9. The minimum Gasteiger partial charge on any atom is -0.500 e. The zero-order valence-electron chi connectivity index (χ0n) is 14.7. The van der Waals surface area contributed by atoms with E-state index >= 15 is 0 Å². The van der Waals surface area contributed by atoms with Crippen molar-refractivity contribution in [1.82, 2.24) is 0 Å². The van der Waals surface area contributed by atoms with Crippen molar-refractivity contribution in [2.24, 2.45) is 5.10 Å². The maximum Gasteiger partial charge on any atom is 0.422 e. The third kappa shape index (κ3) is 4.36. The summed E-state index contributed by atoms with van der Waals surface area (Å²) in [6, 6.07) is 1.82. The number of nitrogens with zero attached hydrogens (tertiary/aromatic N) is 2. The summed E-state index contributed by atoms with van der Waals surface area (Å²) in [4.78, 5) is 9.99. The number of nitro benzene ring substituents is 1. The summed E-state index contributed by atoms with van der Waals surface area (Å²) >= 11 is 0. The van der Waals surface area contributed by atoms with Gasteiger partial charge >= 0.3 is 11.9 Å². The van der Waals surface area contributed by atoms with Gasteiger partial charge in [-0.2, -0.15) is 18.3 Å². The first-order valence-corrected chi connectivity index (χ1v) is 7.76. The highest BCUT2D eigenvalue weighted by Gasteiger charge is 2.42. The van der Waals surface area contributed by atoms with Crippen LogP contribution in [0.3, 0.4) is 0 Å². The number of aromatic hydroxyl groups is 1. The number of hydrogen-bond donors (Lipinski definition) is 2. The number of rotatable bonds is 6. The van der Waals surface area contributed by atoms with Gasteiger partial charge in [0.2, 0.25) is 5.75 Å². The number of nitrogens with one attached hydrogen (secondary N) is 1. The van der Waals surface area contributed by atoms with Crippen molar-refractivity contribution in [3.63, 3.8) is 0 Å². The number of benzene rings is 2. The number of hydrogen-bond acceptors (Lipinski definition) is 6. The number of phenolic OH excluding ortho intramolecular Hbond substituents is 1. The Bertz CT molecular complexity index is 996. The van der Waals surface area contributed by atoms with Gasteiger partial charge in [-0.25, -0.2) is 17.6 Å². The molecule has 14 heteroatoms. The van der Waals surface area contributed by atoms with Crippen molar-refractivity contribution >= 4 is 17.6 Å². The fourth-order valence-corrected chi connectivity index (χ4v) is 2.24. The lowest BCUT2D eigenvalue weighted by molar-refractivity contribution is -0.386. The zero-order chi connectivity index (χ0) is 22.8. The van der Waals surface area contributed by atoms with Crippen LogP contribution in [-0.4, -0.2) is 22.9 Å². The van der Waals surface area contributed by atoms with Crippen LogP contribution in [0.1, 0.15) is 18.1 Å². The second kappa shape index (κ2) is 8.42. The molecule has 0 saturated carbocycles. The van der Waals surface area contributed by atoms with E-state index in [1.165, 1.54) is 12.3 Å². The molecule has 0 aromatic heterocycles. The van der Waals surface area contributed by atoms with Gasteiger partial charge in [0.25, 0.3) is 0 Å². The normalized spacial score (nSPS) is 11.7. The van der Waals surface area contributed by atoms with Gasteiger partial charge in [0.15, 0.2) is 29.0 Å². The fourth-order valence-electron chi connectivity index (χ4n) is 2.24. The molecule has 2 N–H and O–H groups in total. The average Bonchev–Trinajstić information content (AvgIpc) is 2.64. The zero-order valence-corrected chi connectivity index (χ0v) is 14.7. The van der Waals surface area contributed by atoms with Crippen molar-refractivity contribution < 1.29 is 45.5 Å². The summed E-state index contributed by atoms with van der Waals surface area (Å²) in [5.41, 5.74) is -3.88. The predicted octanol–water partition coefficient (Wildman–Crippen LogP) is 4.72. The minimum atomic E-state index is -5.70. The van der Waals surface area contributed by atoms with E-state index in [0.29, 0.717) is 6.21 Å². The Morgan fingerprint density at radius 2 is 1.73 bits per heavy atom. The van der Waals surface area contributed by atoms with E-state index < -0.39 is 57.1 Å². The van der Waals surface area contributed by atoms with Crippen LogP contribution in [0.2, 0.25) is 0 Å². The van der Waals surface area contributed by atoms with E-state index in [1.807, 2.05) is 0 Å². The predicted molar refractivity (Wildman–Crippen MR) is 88.4 cm³/mol. The molecule has 0 atom stereocenters. The molecule has 2 aromatic rings. The molecule has 0 aliphatic heterocycles. The van der Waals surface area contributed by atoms with Crippen LogP contribution in [-0.2, 0) is 6.18 Å². The minimum absolute atomic E-state index is 0.00406. The Balaban J connectivity index is 2.44. The van der Waals surface area contributed by atoms with E-state index in [-0.39, 0.29) is 17.9 Å². The van der Waals surface area contributed by atoms with Crippen LogP contribution in [0, 0.1) is 33.4 Å². The highest BCUT2D eigenvalue weighted by atomic mass is 19.4. The smallest absolute Gasteiger partial charge is 0.422 e. The lowest BCUT2D eigenvalue weighted by Crippen LogP contribution is -2.16. The first kappa shape index (κ1) is 22.7. The Morgan fingerprint density at radius 1 is 1.17 bits per heavy atom. The summed E-state index contributed by atoms with van der Waals surface area (Å²) in [5.74, 6) is -11.3. The quantitative estimate of drug-likeness (QED) is 0.222. The molecule has 0 aliphatic rings. The number of phenols is 1. The number of anilines is 1. The Hall–Kier alpha value is -3.58. The molecule has 7 nitrogen and oxygen atoms in total. The largest absolute Gasteiger partial charge is 0.500 e. The number of nitro groups is 1. The van der Waals surface area contributed by atoms with Gasteiger partial charge in [-0.05, 0) is 13.0 Å². The van der Waals surface area contributed by atoms with Crippen LogP contribution in [0.5, 0.6) is 11.5 Å². The van der Waals surface area contributed by atoms with E-state index in [2.05, 4.69) is 5.10 Å². The van der Waals surface area contributed by atoms with Gasteiger partial charge in [0.1, 0.15) is 11.3 Å². The van der Waals surface area contributed by atoms with Crippen molar-refractivity contribution in [2.75, 3.05) is 12.0 Å². The summed E-state index contributed by atoms with van der Waals surface area (Å²) in [5, 5.41) is 23.9. The second-order valence-electron chi connectivity index (χ2n) is 5.45. The van der Waals surface area contributed by atoms with Gasteiger partial charge in [0, 0.05) is 11.6 Å². The molecule has 2 rings (SSSR count). The molecule has 0 spiro atoms. The maximum atomic E-state index is 13.8. The molecule has 0 fully saturated rings. The molecule has 0 amide bonds. The highest BCUT2D eigenvalue weighted by Crippen LogP contribution is 2.39. The summed E-state index contributed by atoms with van der Waals surface area (Å²) in [6.45, 7) is 1.51. The van der Waals surface area contributed by atoms with Crippen molar-refractivity contribution in [2.45, 2.75) is 13.1 Å². The third-order valence-corrected chi connectivity index (χ3v) is 3.51. The van der Waals surface area contributed by atoms with E-state index in [4.69, 9.17) is 4.74 Å². The topological polar surface area (TPSA) is 97.0 Å². The van der Waals surface area contributed by atoms with Crippen molar-refractivity contribution in [3.8, 4) is 11.5 Å². The molecule has 0 saturated heterocycles. The molecule has 0 heterocycles. The molecule has 0 aliphatic carbocycles. The van der Waals surface area contributed by atoms with Crippen LogP contribution in [0.25, 0.3) is 0 Å². The molecule has 0 unspecified atom stereocenters.